The molecule has 2 fully saturated rings. The van der Waals surface area contributed by atoms with Crippen molar-refractivity contribution in [2.45, 2.75) is 57.8 Å². The van der Waals surface area contributed by atoms with Crippen LogP contribution in [0.2, 0.25) is 5.02 Å². The lowest BCUT2D eigenvalue weighted by Gasteiger charge is -2.40. The van der Waals surface area contributed by atoms with E-state index in [-0.39, 0.29) is 28.2 Å². The summed E-state index contributed by atoms with van der Waals surface area (Å²) in [6.07, 6.45) is 9.15. The maximum Gasteiger partial charge on any atom is 0.269 e. The van der Waals surface area contributed by atoms with Gasteiger partial charge in [-0.2, -0.15) is 0 Å². The van der Waals surface area contributed by atoms with Crippen molar-refractivity contribution in [3.8, 4) is 0 Å². The summed E-state index contributed by atoms with van der Waals surface area (Å²) < 4.78 is 16.6. The van der Waals surface area contributed by atoms with Crippen LogP contribution in [0.4, 0.5) is 10.1 Å². The Hall–Kier alpha value is -3.82. The van der Waals surface area contributed by atoms with Gasteiger partial charge in [-0.1, -0.05) is 11.6 Å². The first-order valence-electron chi connectivity index (χ1n) is 14.0. The molecule has 2 N–H and O–H groups in total. The molecule has 1 aliphatic heterocycles. The molecule has 0 radical (unpaired) electrons. The van der Waals surface area contributed by atoms with Crippen molar-refractivity contribution in [1.82, 2.24) is 19.4 Å². The smallest absolute Gasteiger partial charge is 0.269 e. The Morgan fingerprint density at radius 2 is 1.98 bits per heavy atom. The first-order chi connectivity index (χ1) is 19.8. The molecule has 41 heavy (non-hydrogen) atoms. The second-order valence-electron chi connectivity index (χ2n) is 11.1. The molecular formula is C31H32ClFN6O2. The first-order valence-corrected chi connectivity index (χ1v) is 14.3. The van der Waals surface area contributed by atoms with Gasteiger partial charge < -0.3 is 15.2 Å². The molecule has 1 amide bonds. The van der Waals surface area contributed by atoms with E-state index in [9.17, 15) is 14.0 Å². The second-order valence-corrected chi connectivity index (χ2v) is 11.5. The number of primary amides is 1. The predicted molar refractivity (Wildman–Crippen MR) is 158 cm³/mol. The van der Waals surface area contributed by atoms with Crippen LogP contribution in [-0.2, 0) is 13.1 Å². The van der Waals surface area contributed by atoms with Crippen LogP contribution in [0, 0.1) is 12.7 Å². The zero-order chi connectivity index (χ0) is 28.7. The van der Waals surface area contributed by atoms with Gasteiger partial charge in [0.05, 0.1) is 16.2 Å². The SMILES string of the molecule is Cc1cc(CN(Cc2cn(C3CC3)c3cc(Cl)c(F)cc3c2=O)C2CCCN(c3cccnc3C(N)=O)C2)ccn1. The van der Waals surface area contributed by atoms with E-state index in [0.29, 0.717) is 36.1 Å². The molecule has 0 bridgehead atoms. The van der Waals surface area contributed by atoms with Crippen LogP contribution in [0.25, 0.3) is 10.9 Å². The van der Waals surface area contributed by atoms with Crippen LogP contribution in [0.1, 0.15) is 59.0 Å². The molecule has 6 rings (SSSR count). The minimum absolute atomic E-state index is 0.0155. The fourth-order valence-electron chi connectivity index (χ4n) is 5.95. The maximum absolute atomic E-state index is 14.5. The van der Waals surface area contributed by atoms with Gasteiger partial charge in [-0.05, 0) is 74.6 Å². The number of pyridine rings is 3. The molecule has 8 nitrogen and oxygen atoms in total. The highest BCUT2D eigenvalue weighted by Crippen LogP contribution is 2.38. The highest BCUT2D eigenvalue weighted by Gasteiger charge is 2.30. The quantitative estimate of drug-likeness (QED) is 0.318. The first kappa shape index (κ1) is 27.4. The Labute approximate surface area is 242 Å². The lowest BCUT2D eigenvalue weighted by Crippen LogP contribution is -2.48. The number of aryl methyl sites for hydroxylation is 1. The zero-order valence-electron chi connectivity index (χ0n) is 22.9. The normalized spacial score (nSPS) is 17.4. The van der Waals surface area contributed by atoms with Crippen molar-refractivity contribution in [2.75, 3.05) is 18.0 Å². The fraction of sp³-hybridized carbons (Fsp3) is 0.355. The fourth-order valence-corrected chi connectivity index (χ4v) is 6.11. The average Bonchev–Trinajstić information content (AvgIpc) is 3.81. The summed E-state index contributed by atoms with van der Waals surface area (Å²) in [5.74, 6) is -1.15. The van der Waals surface area contributed by atoms with E-state index in [1.165, 1.54) is 6.07 Å². The molecule has 4 aromatic rings. The van der Waals surface area contributed by atoms with Crippen molar-refractivity contribution in [2.24, 2.45) is 5.73 Å². The number of hydrogen-bond donors (Lipinski definition) is 1. The molecule has 1 unspecified atom stereocenters. The number of fused-ring (bicyclic) bond motifs is 1. The Morgan fingerprint density at radius 3 is 2.73 bits per heavy atom. The molecule has 212 valence electrons. The Balaban J connectivity index is 1.38. The second kappa shape index (κ2) is 11.2. The number of nitrogens with two attached hydrogens (primary N) is 1. The number of anilines is 1. The number of halogens is 2. The van der Waals surface area contributed by atoms with Crippen LogP contribution in [0.5, 0.6) is 0 Å². The highest BCUT2D eigenvalue weighted by molar-refractivity contribution is 6.31. The molecule has 1 saturated carbocycles. The van der Waals surface area contributed by atoms with E-state index in [1.54, 1.807) is 18.5 Å². The third kappa shape index (κ3) is 5.69. The van der Waals surface area contributed by atoms with Crippen LogP contribution in [-0.4, -0.2) is 44.5 Å². The number of carbonyl (C=O) groups is 1. The maximum atomic E-state index is 14.5. The van der Waals surface area contributed by atoms with Gasteiger partial charge in [0, 0.05) is 73.5 Å². The Bertz CT molecular complexity index is 1690. The third-order valence-corrected chi connectivity index (χ3v) is 8.37. The summed E-state index contributed by atoms with van der Waals surface area (Å²) in [5.41, 5.74) is 9.74. The minimum Gasteiger partial charge on any atom is -0.368 e. The number of benzene rings is 1. The van der Waals surface area contributed by atoms with Crippen molar-refractivity contribution in [3.05, 3.63) is 98.6 Å². The summed E-state index contributed by atoms with van der Waals surface area (Å²) in [4.78, 5) is 39.0. The number of rotatable bonds is 8. The largest absolute Gasteiger partial charge is 0.368 e. The number of amides is 1. The van der Waals surface area contributed by atoms with Crippen LogP contribution < -0.4 is 16.1 Å². The zero-order valence-corrected chi connectivity index (χ0v) is 23.6. The topological polar surface area (TPSA) is 97.4 Å². The molecule has 10 heteroatoms. The number of aromatic nitrogens is 3. The minimum atomic E-state index is -0.593. The average molecular weight is 575 g/mol. The molecule has 1 aliphatic carbocycles. The van der Waals surface area contributed by atoms with Crippen LogP contribution in [0.3, 0.4) is 0 Å². The van der Waals surface area contributed by atoms with Gasteiger partial charge >= 0.3 is 0 Å². The Morgan fingerprint density at radius 1 is 1.15 bits per heavy atom. The van der Waals surface area contributed by atoms with Crippen molar-refractivity contribution >= 4 is 34.1 Å². The van der Waals surface area contributed by atoms with Gasteiger partial charge in [0.2, 0.25) is 0 Å². The molecule has 1 saturated heterocycles. The summed E-state index contributed by atoms with van der Waals surface area (Å²) in [6, 6.07) is 10.9. The van der Waals surface area contributed by atoms with E-state index in [2.05, 4.69) is 30.4 Å². The lowest BCUT2D eigenvalue weighted by atomic mass is 10.0. The van der Waals surface area contributed by atoms with E-state index in [1.807, 2.05) is 31.3 Å². The lowest BCUT2D eigenvalue weighted by molar-refractivity contribution is 0.0995. The standard InChI is InChI=1S/C31H32ClFN6O2/c1-19-12-20(8-10-35-19)15-38(23-4-3-11-37(18-23)27-5-2-9-36-29(27)31(34)41)16-21-17-39(22-6-7-22)28-14-25(32)26(33)13-24(28)30(21)40/h2,5,8-10,12-14,17,22-23H,3-4,6-7,11,15-16,18H2,1H3,(H2,34,41). The predicted octanol–water partition coefficient (Wildman–Crippen LogP) is 5.00. The van der Waals surface area contributed by atoms with Gasteiger partial charge in [0.25, 0.3) is 5.91 Å². The summed E-state index contributed by atoms with van der Waals surface area (Å²) in [6.45, 7) is 4.37. The molecule has 1 aromatic carbocycles. The van der Waals surface area contributed by atoms with E-state index in [0.717, 1.165) is 49.2 Å². The van der Waals surface area contributed by atoms with Gasteiger partial charge in [-0.25, -0.2) is 9.37 Å². The number of carbonyl (C=O) groups excluding carboxylic acids is 1. The van der Waals surface area contributed by atoms with E-state index >= 15 is 0 Å². The van der Waals surface area contributed by atoms with Crippen LogP contribution in [0.15, 0.2) is 59.8 Å². The van der Waals surface area contributed by atoms with Gasteiger partial charge in [-0.3, -0.25) is 19.5 Å². The Kier molecular flexibility index (Phi) is 7.48. The molecule has 0 spiro atoms. The molecule has 2 aliphatic rings. The number of nitrogens with zero attached hydrogens (tertiary/aromatic N) is 5. The van der Waals surface area contributed by atoms with Crippen molar-refractivity contribution in [3.63, 3.8) is 0 Å². The highest BCUT2D eigenvalue weighted by atomic mass is 35.5. The van der Waals surface area contributed by atoms with E-state index < -0.39 is 11.7 Å². The number of hydrogen-bond acceptors (Lipinski definition) is 6. The van der Waals surface area contributed by atoms with Gasteiger partial charge in [0.1, 0.15) is 5.82 Å². The van der Waals surface area contributed by atoms with Crippen molar-refractivity contribution < 1.29 is 9.18 Å². The molecule has 3 aromatic heterocycles. The monoisotopic (exact) mass is 574 g/mol. The third-order valence-electron chi connectivity index (χ3n) is 8.08. The molecule has 1 atom stereocenters. The molecular weight excluding hydrogens is 543 g/mol. The van der Waals surface area contributed by atoms with Gasteiger partial charge in [0.15, 0.2) is 11.1 Å². The summed E-state index contributed by atoms with van der Waals surface area (Å²) >= 11 is 6.12. The van der Waals surface area contributed by atoms with E-state index in [4.69, 9.17) is 17.3 Å². The van der Waals surface area contributed by atoms with Crippen molar-refractivity contribution in [1.29, 1.82) is 0 Å². The van der Waals surface area contributed by atoms with Crippen LogP contribution >= 0.6 is 11.6 Å². The summed E-state index contributed by atoms with van der Waals surface area (Å²) in [5, 5.41) is 0.365. The molecule has 4 heterocycles. The summed E-state index contributed by atoms with van der Waals surface area (Å²) in [7, 11) is 0. The number of piperidine rings is 1. The van der Waals surface area contributed by atoms with Gasteiger partial charge in [-0.15, -0.1) is 0 Å².